The van der Waals surface area contributed by atoms with Crippen molar-refractivity contribution in [3.63, 3.8) is 0 Å². The number of halogens is 3. The molecule has 0 fully saturated rings. The number of hydrogen-bond acceptors (Lipinski definition) is 5. The number of carbonyl (C=O) groups is 2. The van der Waals surface area contributed by atoms with Gasteiger partial charge in [0, 0.05) is 35.8 Å². The summed E-state index contributed by atoms with van der Waals surface area (Å²) in [6, 6.07) is 9.95. The second-order valence-corrected chi connectivity index (χ2v) is 6.13. The zero-order chi connectivity index (χ0) is 21.9. The highest BCUT2D eigenvalue weighted by molar-refractivity contribution is 5.96. The van der Waals surface area contributed by atoms with Crippen molar-refractivity contribution in [3.05, 3.63) is 70.1 Å². The Kier molecular flexibility index (Phi) is 5.77. The molecule has 0 saturated heterocycles. The Labute approximate surface area is 167 Å². The van der Waals surface area contributed by atoms with Crippen LogP contribution in [0.3, 0.4) is 0 Å². The Morgan fingerprint density at radius 2 is 1.77 bits per heavy atom. The van der Waals surface area contributed by atoms with Crippen LogP contribution in [0.5, 0.6) is 5.75 Å². The van der Waals surface area contributed by atoms with Gasteiger partial charge in [-0.15, -0.1) is 0 Å². The van der Waals surface area contributed by atoms with Gasteiger partial charge in [0.1, 0.15) is 11.3 Å². The molecule has 2 aromatic carbocycles. The molecular formula is C20H15F3N2O5. The van der Waals surface area contributed by atoms with Crippen LogP contribution in [0.4, 0.5) is 18.9 Å². The van der Waals surface area contributed by atoms with Crippen LogP contribution in [0.15, 0.2) is 57.7 Å². The van der Waals surface area contributed by atoms with Crippen LogP contribution in [0.1, 0.15) is 15.9 Å². The molecule has 2 amide bonds. The maximum absolute atomic E-state index is 13.1. The minimum absolute atomic E-state index is 0.0510. The van der Waals surface area contributed by atoms with E-state index in [0.29, 0.717) is 17.3 Å². The molecular weight excluding hydrogens is 405 g/mol. The molecule has 0 spiro atoms. The van der Waals surface area contributed by atoms with Crippen molar-refractivity contribution in [2.45, 2.75) is 6.18 Å². The van der Waals surface area contributed by atoms with Gasteiger partial charge >= 0.3 is 11.8 Å². The van der Waals surface area contributed by atoms with Gasteiger partial charge in [0.15, 0.2) is 6.61 Å². The summed E-state index contributed by atoms with van der Waals surface area (Å²) in [4.78, 5) is 34.9. The van der Waals surface area contributed by atoms with Crippen LogP contribution in [0, 0.1) is 0 Å². The van der Waals surface area contributed by atoms with Crippen molar-refractivity contribution >= 4 is 28.5 Å². The highest BCUT2D eigenvalue weighted by Gasteiger charge is 2.33. The van der Waals surface area contributed by atoms with Crippen LogP contribution < -0.4 is 21.0 Å². The molecule has 0 bridgehead atoms. The van der Waals surface area contributed by atoms with E-state index in [9.17, 15) is 27.6 Å². The number of fused-ring (bicyclic) bond motifs is 1. The Hall–Kier alpha value is -3.82. The number of ether oxygens (including phenoxy) is 1. The number of anilines is 1. The minimum Gasteiger partial charge on any atom is -0.484 e. The summed E-state index contributed by atoms with van der Waals surface area (Å²) in [6.07, 6.45) is -4.72. The van der Waals surface area contributed by atoms with E-state index in [4.69, 9.17) is 9.15 Å². The predicted molar refractivity (Wildman–Crippen MR) is 101 cm³/mol. The highest BCUT2D eigenvalue weighted by Crippen LogP contribution is 2.34. The number of hydrogen-bond donors (Lipinski definition) is 2. The first-order valence-corrected chi connectivity index (χ1v) is 8.57. The fraction of sp³-hybridized carbons (Fsp3) is 0.150. The molecule has 0 saturated carbocycles. The lowest BCUT2D eigenvalue weighted by Crippen LogP contribution is -2.20. The fourth-order valence-corrected chi connectivity index (χ4v) is 2.66. The van der Waals surface area contributed by atoms with Gasteiger partial charge in [-0.2, -0.15) is 13.2 Å². The molecule has 0 aliphatic heterocycles. The third kappa shape index (κ3) is 4.77. The van der Waals surface area contributed by atoms with Gasteiger partial charge in [-0.1, -0.05) is 0 Å². The number of alkyl halides is 3. The van der Waals surface area contributed by atoms with Gasteiger partial charge in [0.05, 0.1) is 5.56 Å². The number of amides is 2. The van der Waals surface area contributed by atoms with Gasteiger partial charge in [-0.25, -0.2) is 4.79 Å². The zero-order valence-corrected chi connectivity index (χ0v) is 15.5. The van der Waals surface area contributed by atoms with Gasteiger partial charge in [-0.3, -0.25) is 9.59 Å². The normalized spacial score (nSPS) is 11.2. The van der Waals surface area contributed by atoms with Gasteiger partial charge in [-0.05, 0) is 36.4 Å². The molecule has 10 heteroatoms. The van der Waals surface area contributed by atoms with E-state index in [1.165, 1.54) is 37.4 Å². The van der Waals surface area contributed by atoms with Crippen molar-refractivity contribution in [2.75, 3.05) is 19.0 Å². The SMILES string of the molecule is CNC(=O)c1ccc(NC(=O)COc2ccc3c(C(F)(F)F)cc(=O)oc3c2)cc1. The Morgan fingerprint density at radius 3 is 2.40 bits per heavy atom. The molecule has 156 valence electrons. The van der Waals surface area contributed by atoms with Crippen LogP contribution in [0.2, 0.25) is 0 Å². The number of nitrogens with one attached hydrogen (secondary N) is 2. The molecule has 2 N–H and O–H groups in total. The average Bonchev–Trinajstić information content (AvgIpc) is 2.70. The molecule has 0 aliphatic carbocycles. The number of benzene rings is 2. The standard InChI is InChI=1S/C20H15F3N2O5/c1-24-19(28)11-2-4-12(5-3-11)25-17(26)10-29-13-6-7-14-15(20(21,22)23)9-18(27)30-16(14)8-13/h2-9H,10H2,1H3,(H,24,28)(H,25,26). The van der Waals surface area contributed by atoms with Crippen molar-refractivity contribution < 1.29 is 31.9 Å². The predicted octanol–water partition coefficient (Wildman–Crippen LogP) is 3.19. The van der Waals surface area contributed by atoms with E-state index in [1.807, 2.05) is 0 Å². The Bertz CT molecular complexity index is 1150. The van der Waals surface area contributed by atoms with E-state index in [2.05, 4.69) is 10.6 Å². The van der Waals surface area contributed by atoms with Crippen molar-refractivity contribution in [2.24, 2.45) is 0 Å². The molecule has 7 nitrogen and oxygen atoms in total. The molecule has 0 radical (unpaired) electrons. The first kappa shape index (κ1) is 20.9. The second kappa shape index (κ2) is 8.27. The summed E-state index contributed by atoms with van der Waals surface area (Å²) >= 11 is 0. The topological polar surface area (TPSA) is 97.6 Å². The van der Waals surface area contributed by atoms with E-state index in [-0.39, 0.29) is 22.6 Å². The second-order valence-electron chi connectivity index (χ2n) is 6.13. The Morgan fingerprint density at radius 1 is 1.07 bits per heavy atom. The van der Waals surface area contributed by atoms with Crippen LogP contribution in [0.25, 0.3) is 11.0 Å². The molecule has 30 heavy (non-hydrogen) atoms. The maximum atomic E-state index is 13.1. The summed E-state index contributed by atoms with van der Waals surface area (Å²) in [7, 11) is 1.50. The van der Waals surface area contributed by atoms with Crippen LogP contribution in [-0.4, -0.2) is 25.5 Å². The Balaban J connectivity index is 1.69. The molecule has 3 aromatic rings. The quantitative estimate of drug-likeness (QED) is 0.618. The van der Waals surface area contributed by atoms with Gasteiger partial charge in [0.25, 0.3) is 11.8 Å². The minimum atomic E-state index is -4.72. The molecule has 1 aromatic heterocycles. The van der Waals surface area contributed by atoms with Crippen LogP contribution >= 0.6 is 0 Å². The lowest BCUT2D eigenvalue weighted by Gasteiger charge is -2.11. The molecule has 1 heterocycles. The van der Waals surface area contributed by atoms with E-state index in [1.54, 1.807) is 0 Å². The fourth-order valence-electron chi connectivity index (χ4n) is 2.66. The molecule has 0 aliphatic rings. The van der Waals surface area contributed by atoms with E-state index >= 15 is 0 Å². The molecule has 0 atom stereocenters. The summed E-state index contributed by atoms with van der Waals surface area (Å²) in [5, 5.41) is 4.73. The first-order valence-electron chi connectivity index (χ1n) is 8.57. The zero-order valence-electron chi connectivity index (χ0n) is 15.5. The number of rotatable bonds is 5. The largest absolute Gasteiger partial charge is 0.484 e. The van der Waals surface area contributed by atoms with Crippen molar-refractivity contribution in [1.29, 1.82) is 0 Å². The monoisotopic (exact) mass is 420 g/mol. The summed E-state index contributed by atoms with van der Waals surface area (Å²) in [5.41, 5.74) is -1.72. The summed E-state index contributed by atoms with van der Waals surface area (Å²) in [5.74, 6) is -0.754. The number of carbonyl (C=O) groups excluding carboxylic acids is 2. The van der Waals surface area contributed by atoms with E-state index < -0.39 is 29.9 Å². The maximum Gasteiger partial charge on any atom is 0.417 e. The molecule has 0 unspecified atom stereocenters. The van der Waals surface area contributed by atoms with Gasteiger partial charge in [0.2, 0.25) is 0 Å². The van der Waals surface area contributed by atoms with Crippen molar-refractivity contribution in [1.82, 2.24) is 5.32 Å². The van der Waals surface area contributed by atoms with Crippen molar-refractivity contribution in [3.8, 4) is 5.75 Å². The van der Waals surface area contributed by atoms with E-state index in [0.717, 1.165) is 12.1 Å². The average molecular weight is 420 g/mol. The summed E-state index contributed by atoms with van der Waals surface area (Å²) < 4.78 is 49.3. The van der Waals surface area contributed by atoms with Gasteiger partial charge < -0.3 is 19.8 Å². The molecule has 3 rings (SSSR count). The lowest BCUT2D eigenvalue weighted by atomic mass is 10.1. The highest BCUT2D eigenvalue weighted by atomic mass is 19.4. The summed E-state index contributed by atoms with van der Waals surface area (Å²) in [6.45, 7) is -0.439. The third-order valence-corrected chi connectivity index (χ3v) is 4.05. The smallest absolute Gasteiger partial charge is 0.417 e. The van der Waals surface area contributed by atoms with Crippen LogP contribution in [-0.2, 0) is 11.0 Å². The lowest BCUT2D eigenvalue weighted by molar-refractivity contribution is -0.136. The third-order valence-electron chi connectivity index (χ3n) is 4.05. The first-order chi connectivity index (χ1) is 14.2.